The summed E-state index contributed by atoms with van der Waals surface area (Å²) in [6, 6.07) is 15.7. The van der Waals surface area contributed by atoms with E-state index in [0.717, 1.165) is 24.1 Å². The topological polar surface area (TPSA) is 66.4 Å². The summed E-state index contributed by atoms with van der Waals surface area (Å²) in [5, 5.41) is 11.5. The number of carbonyl (C=O) groups excluding carboxylic acids is 1. The number of amides is 1. The predicted molar refractivity (Wildman–Crippen MR) is 95.1 cm³/mol. The molecule has 2 aromatic carbocycles. The third-order valence-electron chi connectivity index (χ3n) is 3.86. The Balaban J connectivity index is 1.73. The van der Waals surface area contributed by atoms with Gasteiger partial charge in [-0.3, -0.25) is 9.59 Å². The van der Waals surface area contributed by atoms with E-state index in [0.29, 0.717) is 12.8 Å². The van der Waals surface area contributed by atoms with Gasteiger partial charge in [0.15, 0.2) is 0 Å². The molecule has 0 saturated carbocycles. The molecule has 2 aromatic rings. The second kappa shape index (κ2) is 8.87. The Bertz CT molecular complexity index is 675. The Morgan fingerprint density at radius 2 is 1.46 bits per heavy atom. The van der Waals surface area contributed by atoms with Crippen LogP contribution in [-0.2, 0) is 22.4 Å². The minimum absolute atomic E-state index is 0.000368. The van der Waals surface area contributed by atoms with Crippen LogP contribution in [0.1, 0.15) is 36.0 Å². The van der Waals surface area contributed by atoms with Crippen LogP contribution in [0.25, 0.3) is 0 Å². The second-order valence-corrected chi connectivity index (χ2v) is 5.98. The van der Waals surface area contributed by atoms with Crippen molar-refractivity contribution in [1.82, 2.24) is 0 Å². The summed E-state index contributed by atoms with van der Waals surface area (Å²) in [6.45, 7) is 2.06. The largest absolute Gasteiger partial charge is 0.481 e. The lowest BCUT2D eigenvalue weighted by Crippen LogP contribution is -2.11. The fourth-order valence-electron chi connectivity index (χ4n) is 2.44. The van der Waals surface area contributed by atoms with Crippen molar-refractivity contribution in [2.24, 2.45) is 0 Å². The molecule has 24 heavy (non-hydrogen) atoms. The van der Waals surface area contributed by atoms with Crippen molar-refractivity contribution < 1.29 is 14.7 Å². The third kappa shape index (κ3) is 6.24. The van der Waals surface area contributed by atoms with Crippen molar-refractivity contribution in [3.63, 3.8) is 0 Å². The lowest BCUT2D eigenvalue weighted by Gasteiger charge is -2.07. The van der Waals surface area contributed by atoms with Gasteiger partial charge in [0, 0.05) is 18.5 Å². The lowest BCUT2D eigenvalue weighted by molar-refractivity contribution is -0.137. The van der Waals surface area contributed by atoms with Crippen LogP contribution in [0.15, 0.2) is 48.5 Å². The van der Waals surface area contributed by atoms with E-state index in [1.165, 1.54) is 11.1 Å². The van der Waals surface area contributed by atoms with E-state index in [9.17, 15) is 9.59 Å². The average Bonchev–Trinajstić information content (AvgIpc) is 2.56. The van der Waals surface area contributed by atoms with E-state index in [1.807, 2.05) is 24.3 Å². The molecule has 0 aliphatic rings. The molecule has 2 N–H and O–H groups in total. The number of carboxylic acids is 1. The zero-order valence-electron chi connectivity index (χ0n) is 13.9. The summed E-state index contributed by atoms with van der Waals surface area (Å²) >= 11 is 0. The molecule has 126 valence electrons. The van der Waals surface area contributed by atoms with Gasteiger partial charge in [-0.1, -0.05) is 42.0 Å². The van der Waals surface area contributed by atoms with E-state index >= 15 is 0 Å². The van der Waals surface area contributed by atoms with E-state index < -0.39 is 5.97 Å². The third-order valence-corrected chi connectivity index (χ3v) is 3.86. The monoisotopic (exact) mass is 325 g/mol. The van der Waals surface area contributed by atoms with Gasteiger partial charge in [-0.05, 0) is 49.4 Å². The summed E-state index contributed by atoms with van der Waals surface area (Å²) in [5.41, 5.74) is 4.18. The zero-order chi connectivity index (χ0) is 17.4. The van der Waals surface area contributed by atoms with Crippen molar-refractivity contribution in [3.05, 3.63) is 65.2 Å². The van der Waals surface area contributed by atoms with E-state index in [1.54, 1.807) is 0 Å². The van der Waals surface area contributed by atoms with Crippen LogP contribution < -0.4 is 5.32 Å². The first kappa shape index (κ1) is 17.7. The average molecular weight is 325 g/mol. The smallest absolute Gasteiger partial charge is 0.303 e. The molecule has 0 atom stereocenters. The van der Waals surface area contributed by atoms with Crippen LogP contribution in [0.5, 0.6) is 0 Å². The predicted octanol–water partition coefficient (Wildman–Crippen LogP) is 3.97. The number of hydrogen-bond donors (Lipinski definition) is 2. The first-order valence-electron chi connectivity index (χ1n) is 8.19. The van der Waals surface area contributed by atoms with Gasteiger partial charge >= 0.3 is 5.97 Å². The van der Waals surface area contributed by atoms with Gasteiger partial charge < -0.3 is 10.4 Å². The number of carboxylic acid groups (broad SMARTS) is 1. The van der Waals surface area contributed by atoms with Gasteiger partial charge in [0.1, 0.15) is 0 Å². The van der Waals surface area contributed by atoms with Crippen LogP contribution in [0.3, 0.4) is 0 Å². The van der Waals surface area contributed by atoms with E-state index in [2.05, 4.69) is 36.5 Å². The summed E-state index contributed by atoms with van der Waals surface area (Å²) in [4.78, 5) is 22.5. The van der Waals surface area contributed by atoms with Crippen molar-refractivity contribution >= 4 is 17.6 Å². The summed E-state index contributed by atoms with van der Waals surface area (Å²) in [5.74, 6) is -0.804. The quantitative estimate of drug-likeness (QED) is 0.771. The minimum atomic E-state index is -0.805. The number of rotatable bonds is 8. The molecule has 0 aromatic heterocycles. The lowest BCUT2D eigenvalue weighted by atomic mass is 10.1. The summed E-state index contributed by atoms with van der Waals surface area (Å²) < 4.78 is 0. The first-order chi connectivity index (χ1) is 11.5. The highest BCUT2D eigenvalue weighted by Gasteiger charge is 2.04. The van der Waals surface area contributed by atoms with Crippen molar-refractivity contribution in [2.45, 2.75) is 39.0 Å². The highest BCUT2D eigenvalue weighted by molar-refractivity contribution is 5.90. The molecule has 1 amide bonds. The molecular formula is C20H23NO3. The standard InChI is InChI=1S/C20H23NO3/c1-15-5-7-16(8-6-15)3-2-4-19(22)21-18-12-9-17(10-13-18)11-14-20(23)24/h5-10,12-13H,2-4,11,14H2,1H3,(H,21,22)(H,23,24). The molecule has 0 saturated heterocycles. The van der Waals surface area contributed by atoms with Crippen LogP contribution >= 0.6 is 0 Å². The summed E-state index contributed by atoms with van der Waals surface area (Å²) in [7, 11) is 0. The van der Waals surface area contributed by atoms with Crippen LogP contribution in [-0.4, -0.2) is 17.0 Å². The van der Waals surface area contributed by atoms with Crippen molar-refractivity contribution in [2.75, 3.05) is 5.32 Å². The fraction of sp³-hybridized carbons (Fsp3) is 0.300. The molecule has 0 aliphatic heterocycles. The molecule has 4 nitrogen and oxygen atoms in total. The number of aryl methyl sites for hydroxylation is 3. The number of benzene rings is 2. The second-order valence-electron chi connectivity index (χ2n) is 5.98. The Morgan fingerprint density at radius 1 is 0.875 bits per heavy atom. The van der Waals surface area contributed by atoms with Crippen LogP contribution in [0.4, 0.5) is 5.69 Å². The molecule has 2 rings (SSSR count). The molecule has 0 aliphatic carbocycles. The maximum absolute atomic E-state index is 12.0. The fourth-order valence-corrected chi connectivity index (χ4v) is 2.44. The normalized spacial score (nSPS) is 10.4. The molecule has 0 spiro atoms. The highest BCUT2D eigenvalue weighted by Crippen LogP contribution is 2.13. The molecule has 0 fully saturated rings. The van der Waals surface area contributed by atoms with Crippen LogP contribution in [0.2, 0.25) is 0 Å². The van der Waals surface area contributed by atoms with Gasteiger partial charge in [-0.2, -0.15) is 0 Å². The van der Waals surface area contributed by atoms with Crippen LogP contribution in [0, 0.1) is 6.92 Å². The molecule has 0 bridgehead atoms. The Morgan fingerprint density at radius 3 is 2.08 bits per heavy atom. The van der Waals surface area contributed by atoms with Crippen molar-refractivity contribution in [3.8, 4) is 0 Å². The Hall–Kier alpha value is -2.62. The maximum atomic E-state index is 12.0. The number of hydrogen-bond acceptors (Lipinski definition) is 2. The Labute approximate surface area is 142 Å². The first-order valence-corrected chi connectivity index (χ1v) is 8.19. The molecule has 4 heteroatoms. The van der Waals surface area contributed by atoms with Crippen molar-refractivity contribution in [1.29, 1.82) is 0 Å². The number of nitrogens with one attached hydrogen (secondary N) is 1. The zero-order valence-corrected chi connectivity index (χ0v) is 13.9. The summed E-state index contributed by atoms with van der Waals surface area (Å²) in [6.07, 6.45) is 2.80. The van der Waals surface area contributed by atoms with Gasteiger partial charge in [-0.15, -0.1) is 0 Å². The number of anilines is 1. The molecule has 0 unspecified atom stereocenters. The van der Waals surface area contributed by atoms with E-state index in [4.69, 9.17) is 5.11 Å². The molecule has 0 radical (unpaired) electrons. The minimum Gasteiger partial charge on any atom is -0.481 e. The van der Waals surface area contributed by atoms with Gasteiger partial charge in [0.2, 0.25) is 5.91 Å². The Kier molecular flexibility index (Phi) is 6.55. The highest BCUT2D eigenvalue weighted by atomic mass is 16.4. The number of carbonyl (C=O) groups is 2. The SMILES string of the molecule is Cc1ccc(CCCC(=O)Nc2ccc(CCC(=O)O)cc2)cc1. The van der Waals surface area contributed by atoms with E-state index in [-0.39, 0.29) is 12.3 Å². The maximum Gasteiger partial charge on any atom is 0.303 e. The molecular weight excluding hydrogens is 302 g/mol. The molecule has 0 heterocycles. The number of aliphatic carboxylic acids is 1. The van der Waals surface area contributed by atoms with Gasteiger partial charge in [0.05, 0.1) is 0 Å². The van der Waals surface area contributed by atoms with Gasteiger partial charge in [0.25, 0.3) is 0 Å². The van der Waals surface area contributed by atoms with Gasteiger partial charge in [-0.25, -0.2) is 0 Å².